The smallest absolute Gasteiger partial charge is 0.383 e. The Balaban J connectivity index is 1.85. The minimum absolute atomic E-state index is 0.200. The lowest BCUT2D eigenvalue weighted by atomic mass is 9.80. The fourth-order valence-electron chi connectivity index (χ4n) is 3.04. The number of hydrogen-bond acceptors (Lipinski definition) is 4. The highest BCUT2D eigenvalue weighted by Gasteiger charge is 2.42. The van der Waals surface area contributed by atoms with Crippen molar-refractivity contribution in [3.63, 3.8) is 0 Å². The molecule has 3 rings (SSSR count). The van der Waals surface area contributed by atoms with Crippen LogP contribution in [0.1, 0.15) is 17.5 Å². The summed E-state index contributed by atoms with van der Waals surface area (Å²) in [6.45, 7) is 0.765. The molecule has 2 unspecified atom stereocenters. The zero-order valence-electron chi connectivity index (χ0n) is 12.9. The van der Waals surface area contributed by atoms with Crippen molar-refractivity contribution in [3.05, 3.63) is 59.8 Å². The second-order valence-corrected chi connectivity index (χ2v) is 5.99. The maximum atomic E-state index is 12.9. The molecule has 7 heteroatoms. The molecule has 0 radical (unpaired) electrons. The molecule has 1 aliphatic rings. The van der Waals surface area contributed by atoms with Gasteiger partial charge in [-0.05, 0) is 36.2 Å². The monoisotopic (exact) mass is 337 g/mol. The first-order chi connectivity index (χ1) is 11.3. The highest BCUT2D eigenvalue weighted by molar-refractivity contribution is 5.41. The van der Waals surface area contributed by atoms with Crippen LogP contribution in [0.5, 0.6) is 0 Å². The largest absolute Gasteiger partial charge is 0.416 e. The third-order valence-corrected chi connectivity index (χ3v) is 4.46. The molecule has 3 N–H and O–H groups in total. The van der Waals surface area contributed by atoms with Crippen LogP contribution < -0.4 is 10.6 Å². The van der Waals surface area contributed by atoms with Crippen LogP contribution in [0.25, 0.3) is 0 Å². The Kier molecular flexibility index (Phi) is 4.23. The van der Waals surface area contributed by atoms with E-state index in [1.165, 1.54) is 12.1 Å². The van der Waals surface area contributed by atoms with Crippen molar-refractivity contribution in [2.75, 3.05) is 18.0 Å². The molecule has 0 bridgehead atoms. The summed E-state index contributed by atoms with van der Waals surface area (Å²) in [4.78, 5) is 6.17. The zero-order valence-corrected chi connectivity index (χ0v) is 12.9. The second kappa shape index (κ2) is 6.07. The number of rotatable bonds is 2. The SMILES string of the molecule is NC1CN(c2ccccn2)CCC1(O)c1cccc(C(F)(F)F)c1. The Bertz CT molecular complexity index is 708. The summed E-state index contributed by atoms with van der Waals surface area (Å²) in [5.74, 6) is 0.735. The van der Waals surface area contributed by atoms with Gasteiger partial charge in [-0.3, -0.25) is 0 Å². The van der Waals surface area contributed by atoms with Gasteiger partial charge < -0.3 is 15.7 Å². The molecule has 2 atom stereocenters. The van der Waals surface area contributed by atoms with Gasteiger partial charge in [0.1, 0.15) is 11.4 Å². The van der Waals surface area contributed by atoms with E-state index in [1.54, 1.807) is 12.3 Å². The van der Waals surface area contributed by atoms with Crippen LogP contribution in [0.3, 0.4) is 0 Å². The van der Waals surface area contributed by atoms with Gasteiger partial charge in [-0.15, -0.1) is 0 Å². The molecule has 0 amide bonds. The Morgan fingerprint density at radius 1 is 1.21 bits per heavy atom. The molecule has 1 aliphatic heterocycles. The van der Waals surface area contributed by atoms with Crippen LogP contribution in [0.4, 0.5) is 19.0 Å². The maximum Gasteiger partial charge on any atom is 0.416 e. The Labute approximate surface area is 137 Å². The topological polar surface area (TPSA) is 62.4 Å². The van der Waals surface area contributed by atoms with E-state index in [0.29, 0.717) is 13.1 Å². The summed E-state index contributed by atoms with van der Waals surface area (Å²) in [6, 6.07) is 9.52. The maximum absolute atomic E-state index is 12.9. The summed E-state index contributed by atoms with van der Waals surface area (Å²) in [7, 11) is 0. The number of nitrogens with two attached hydrogens (primary N) is 1. The molecule has 4 nitrogen and oxygen atoms in total. The molecule has 24 heavy (non-hydrogen) atoms. The highest BCUT2D eigenvalue weighted by Crippen LogP contribution is 2.37. The van der Waals surface area contributed by atoms with Crippen molar-refractivity contribution < 1.29 is 18.3 Å². The van der Waals surface area contributed by atoms with Crippen molar-refractivity contribution in [2.45, 2.75) is 24.2 Å². The number of halogens is 3. The van der Waals surface area contributed by atoms with Gasteiger partial charge in [0.05, 0.1) is 11.6 Å². The van der Waals surface area contributed by atoms with E-state index < -0.39 is 23.4 Å². The fraction of sp³-hybridized carbons (Fsp3) is 0.353. The van der Waals surface area contributed by atoms with Crippen molar-refractivity contribution in [2.24, 2.45) is 5.73 Å². The van der Waals surface area contributed by atoms with Crippen LogP contribution in [-0.4, -0.2) is 29.2 Å². The Hall–Kier alpha value is -2.12. The third kappa shape index (κ3) is 3.09. The van der Waals surface area contributed by atoms with E-state index >= 15 is 0 Å². The van der Waals surface area contributed by atoms with E-state index in [0.717, 1.165) is 18.0 Å². The van der Waals surface area contributed by atoms with Gasteiger partial charge in [0.25, 0.3) is 0 Å². The lowest BCUT2D eigenvalue weighted by Crippen LogP contribution is -2.58. The van der Waals surface area contributed by atoms with E-state index in [1.807, 2.05) is 17.0 Å². The number of alkyl halides is 3. The first-order valence-corrected chi connectivity index (χ1v) is 7.62. The van der Waals surface area contributed by atoms with Crippen LogP contribution in [0.2, 0.25) is 0 Å². The first kappa shape index (κ1) is 16.7. The Morgan fingerprint density at radius 3 is 2.62 bits per heavy atom. The number of pyridine rings is 1. The van der Waals surface area contributed by atoms with E-state index in [9.17, 15) is 18.3 Å². The molecule has 2 aromatic rings. The molecule has 0 spiro atoms. The summed E-state index contributed by atoms with van der Waals surface area (Å²) in [5.41, 5.74) is 4.05. The number of aliphatic hydroxyl groups is 1. The fourth-order valence-corrected chi connectivity index (χ4v) is 3.04. The normalized spacial score (nSPS) is 24.9. The minimum Gasteiger partial charge on any atom is -0.383 e. The summed E-state index contributed by atoms with van der Waals surface area (Å²) in [5, 5.41) is 10.9. The highest BCUT2D eigenvalue weighted by atomic mass is 19.4. The van der Waals surface area contributed by atoms with Gasteiger partial charge in [0.15, 0.2) is 0 Å². The molecule has 1 saturated heterocycles. The average Bonchev–Trinajstić information content (AvgIpc) is 2.57. The quantitative estimate of drug-likeness (QED) is 0.884. The molecular formula is C17H18F3N3O. The standard InChI is InChI=1S/C17H18F3N3O/c18-17(19,20)13-5-3-4-12(10-13)16(24)7-9-23(11-14(16)21)15-6-1-2-8-22-15/h1-6,8,10,14,24H,7,9,11,21H2. The molecule has 1 aromatic carbocycles. The Morgan fingerprint density at radius 2 is 2.00 bits per heavy atom. The zero-order chi connectivity index (χ0) is 17.4. The first-order valence-electron chi connectivity index (χ1n) is 7.62. The van der Waals surface area contributed by atoms with Gasteiger partial charge in [0, 0.05) is 19.3 Å². The molecule has 0 aliphatic carbocycles. The number of piperidine rings is 1. The summed E-state index contributed by atoms with van der Waals surface area (Å²) < 4.78 is 38.7. The van der Waals surface area contributed by atoms with Crippen LogP contribution in [0.15, 0.2) is 48.7 Å². The van der Waals surface area contributed by atoms with Crippen molar-refractivity contribution in [1.29, 1.82) is 0 Å². The average molecular weight is 337 g/mol. The summed E-state index contributed by atoms with van der Waals surface area (Å²) in [6.07, 6.45) is -2.56. The van der Waals surface area contributed by atoms with E-state index in [2.05, 4.69) is 4.98 Å². The van der Waals surface area contributed by atoms with Crippen molar-refractivity contribution in [1.82, 2.24) is 4.98 Å². The predicted octanol–water partition coefficient (Wildman–Crippen LogP) is 2.53. The van der Waals surface area contributed by atoms with Crippen molar-refractivity contribution >= 4 is 5.82 Å². The van der Waals surface area contributed by atoms with Gasteiger partial charge in [0.2, 0.25) is 0 Å². The molecule has 0 saturated carbocycles. The van der Waals surface area contributed by atoms with E-state index in [-0.39, 0.29) is 12.0 Å². The number of benzene rings is 1. The van der Waals surface area contributed by atoms with Crippen LogP contribution in [0, 0.1) is 0 Å². The lowest BCUT2D eigenvalue weighted by Gasteiger charge is -2.43. The van der Waals surface area contributed by atoms with Gasteiger partial charge in [-0.25, -0.2) is 4.98 Å². The molecule has 1 fully saturated rings. The predicted molar refractivity (Wildman–Crippen MR) is 84.4 cm³/mol. The number of aromatic nitrogens is 1. The molecular weight excluding hydrogens is 319 g/mol. The number of hydrogen-bond donors (Lipinski definition) is 2. The minimum atomic E-state index is -4.45. The van der Waals surface area contributed by atoms with E-state index in [4.69, 9.17) is 5.73 Å². The second-order valence-electron chi connectivity index (χ2n) is 5.99. The molecule has 2 heterocycles. The molecule has 1 aromatic heterocycles. The van der Waals surface area contributed by atoms with Gasteiger partial charge in [-0.2, -0.15) is 13.2 Å². The lowest BCUT2D eigenvalue weighted by molar-refractivity contribution is -0.137. The summed E-state index contributed by atoms with van der Waals surface area (Å²) >= 11 is 0. The van der Waals surface area contributed by atoms with Gasteiger partial charge in [-0.1, -0.05) is 18.2 Å². The number of anilines is 1. The third-order valence-electron chi connectivity index (χ3n) is 4.46. The van der Waals surface area contributed by atoms with Gasteiger partial charge >= 0.3 is 6.18 Å². The van der Waals surface area contributed by atoms with Crippen molar-refractivity contribution in [3.8, 4) is 0 Å². The van der Waals surface area contributed by atoms with Crippen LogP contribution >= 0.6 is 0 Å². The van der Waals surface area contributed by atoms with Crippen LogP contribution in [-0.2, 0) is 11.8 Å². The number of nitrogens with zero attached hydrogens (tertiary/aromatic N) is 2. The molecule has 128 valence electrons.